The molecule has 1 aromatic heterocycles. The molecular formula is C13H10Cl2N2O. The van der Waals surface area contributed by atoms with Crippen LogP contribution in [0.5, 0.6) is 0 Å². The van der Waals surface area contributed by atoms with Gasteiger partial charge in [-0.05, 0) is 36.8 Å². The lowest BCUT2D eigenvalue weighted by Crippen LogP contribution is -2.12. The van der Waals surface area contributed by atoms with Gasteiger partial charge in [0.25, 0.3) is 5.91 Å². The summed E-state index contributed by atoms with van der Waals surface area (Å²) in [6.45, 7) is 1.91. The normalized spacial score (nSPS) is 10.2. The Morgan fingerprint density at radius 2 is 2.00 bits per heavy atom. The lowest BCUT2D eigenvalue weighted by Gasteiger charge is -2.07. The van der Waals surface area contributed by atoms with Gasteiger partial charge in [0, 0.05) is 0 Å². The number of nitrogens with one attached hydrogen (secondary N) is 1. The molecule has 1 heterocycles. The molecule has 0 spiro atoms. The van der Waals surface area contributed by atoms with E-state index in [2.05, 4.69) is 10.3 Å². The van der Waals surface area contributed by atoms with Crippen molar-refractivity contribution < 1.29 is 4.79 Å². The second-order valence-electron chi connectivity index (χ2n) is 3.81. The van der Waals surface area contributed by atoms with Gasteiger partial charge in [0.05, 0.1) is 22.5 Å². The summed E-state index contributed by atoms with van der Waals surface area (Å²) < 4.78 is 0. The monoisotopic (exact) mass is 280 g/mol. The number of hydrogen-bond acceptors (Lipinski definition) is 2. The molecule has 0 fully saturated rings. The highest BCUT2D eigenvalue weighted by Gasteiger charge is 2.10. The van der Waals surface area contributed by atoms with Gasteiger partial charge in [0.2, 0.25) is 0 Å². The topological polar surface area (TPSA) is 42.0 Å². The van der Waals surface area contributed by atoms with Crippen LogP contribution in [0.1, 0.15) is 15.9 Å². The van der Waals surface area contributed by atoms with E-state index in [4.69, 9.17) is 23.2 Å². The maximum Gasteiger partial charge on any atom is 0.257 e. The summed E-state index contributed by atoms with van der Waals surface area (Å²) in [4.78, 5) is 15.9. The van der Waals surface area contributed by atoms with Gasteiger partial charge in [-0.1, -0.05) is 29.3 Å². The van der Waals surface area contributed by atoms with Crippen LogP contribution in [0, 0.1) is 6.92 Å². The van der Waals surface area contributed by atoms with E-state index < -0.39 is 0 Å². The Labute approximate surface area is 115 Å². The molecule has 5 heteroatoms. The predicted octanol–water partition coefficient (Wildman–Crippen LogP) is 3.95. The Balaban J connectivity index is 2.19. The van der Waals surface area contributed by atoms with Crippen molar-refractivity contribution in [3.05, 3.63) is 57.8 Å². The van der Waals surface area contributed by atoms with Crippen LogP contribution in [0.25, 0.3) is 0 Å². The summed E-state index contributed by atoms with van der Waals surface area (Å²) in [6.07, 6.45) is 1.49. The number of pyridine rings is 1. The number of aryl methyl sites for hydroxylation is 1. The van der Waals surface area contributed by atoms with Gasteiger partial charge in [-0.2, -0.15) is 0 Å². The number of aromatic nitrogens is 1. The van der Waals surface area contributed by atoms with Crippen LogP contribution in [0.2, 0.25) is 10.2 Å². The molecule has 0 unspecified atom stereocenters. The molecular weight excluding hydrogens is 271 g/mol. The number of hydrogen-bond donors (Lipinski definition) is 1. The zero-order valence-electron chi connectivity index (χ0n) is 9.58. The first-order chi connectivity index (χ1) is 8.56. The predicted molar refractivity (Wildman–Crippen MR) is 73.4 cm³/mol. The summed E-state index contributed by atoms with van der Waals surface area (Å²) >= 11 is 11.7. The van der Waals surface area contributed by atoms with Crippen molar-refractivity contribution >= 4 is 34.8 Å². The Kier molecular flexibility index (Phi) is 3.84. The average molecular weight is 281 g/mol. The number of halogens is 2. The molecule has 18 heavy (non-hydrogen) atoms. The smallest absolute Gasteiger partial charge is 0.257 e. The van der Waals surface area contributed by atoms with E-state index >= 15 is 0 Å². The van der Waals surface area contributed by atoms with E-state index in [1.165, 1.54) is 6.20 Å². The van der Waals surface area contributed by atoms with Crippen molar-refractivity contribution in [2.75, 3.05) is 5.32 Å². The third-order valence-corrected chi connectivity index (χ3v) is 2.89. The first-order valence-electron chi connectivity index (χ1n) is 5.25. The fourth-order valence-electron chi connectivity index (χ4n) is 1.45. The molecule has 0 bridgehead atoms. The Bertz CT molecular complexity index is 582. The van der Waals surface area contributed by atoms with E-state index in [-0.39, 0.29) is 5.91 Å². The molecule has 0 radical (unpaired) electrons. The van der Waals surface area contributed by atoms with Gasteiger partial charge < -0.3 is 5.32 Å². The summed E-state index contributed by atoms with van der Waals surface area (Å²) in [5.41, 5.74) is 2.00. The number of amides is 1. The Hall–Kier alpha value is -1.58. The van der Waals surface area contributed by atoms with Crippen LogP contribution in [0.4, 0.5) is 5.69 Å². The molecule has 0 saturated carbocycles. The molecule has 1 N–H and O–H groups in total. The fraction of sp³-hybridized carbons (Fsp3) is 0.0769. The van der Waals surface area contributed by atoms with E-state index in [1.54, 1.807) is 24.3 Å². The summed E-state index contributed by atoms with van der Waals surface area (Å²) in [7, 11) is 0. The molecule has 2 aromatic rings. The molecule has 1 aromatic carbocycles. The third-order valence-electron chi connectivity index (χ3n) is 2.35. The molecule has 1 amide bonds. The fourth-order valence-corrected chi connectivity index (χ4v) is 1.89. The largest absolute Gasteiger partial charge is 0.321 e. The van der Waals surface area contributed by atoms with Crippen molar-refractivity contribution in [2.45, 2.75) is 6.92 Å². The summed E-state index contributed by atoms with van der Waals surface area (Å²) in [5.74, 6) is -0.274. The van der Waals surface area contributed by atoms with Gasteiger partial charge in [0.1, 0.15) is 5.15 Å². The molecule has 0 aliphatic heterocycles. The number of benzene rings is 1. The second-order valence-corrected chi connectivity index (χ2v) is 4.60. The average Bonchev–Trinajstić information content (AvgIpc) is 2.32. The van der Waals surface area contributed by atoms with Crippen molar-refractivity contribution in [1.29, 1.82) is 0 Å². The molecule has 0 saturated heterocycles. The maximum absolute atomic E-state index is 12.0. The van der Waals surface area contributed by atoms with Crippen molar-refractivity contribution in [3.8, 4) is 0 Å². The second kappa shape index (κ2) is 5.38. The van der Waals surface area contributed by atoms with E-state index in [0.717, 1.165) is 5.56 Å². The van der Waals surface area contributed by atoms with Crippen LogP contribution >= 0.6 is 23.2 Å². The van der Waals surface area contributed by atoms with E-state index in [0.29, 0.717) is 21.4 Å². The molecule has 0 aliphatic carbocycles. The van der Waals surface area contributed by atoms with Crippen LogP contribution < -0.4 is 5.32 Å². The van der Waals surface area contributed by atoms with Gasteiger partial charge in [0.15, 0.2) is 0 Å². The van der Waals surface area contributed by atoms with Gasteiger partial charge >= 0.3 is 0 Å². The van der Waals surface area contributed by atoms with Gasteiger partial charge in [-0.15, -0.1) is 0 Å². The first-order valence-corrected chi connectivity index (χ1v) is 6.01. The quantitative estimate of drug-likeness (QED) is 0.847. The standard InChI is InChI=1S/C13H10Cl2N2O/c1-8-2-4-10(11(14)6-8)13(18)17-9-3-5-12(15)16-7-9/h2-7H,1H3,(H,17,18). The minimum Gasteiger partial charge on any atom is -0.321 e. The highest BCUT2D eigenvalue weighted by atomic mass is 35.5. The van der Waals surface area contributed by atoms with E-state index in [9.17, 15) is 4.79 Å². The van der Waals surface area contributed by atoms with Crippen molar-refractivity contribution in [2.24, 2.45) is 0 Å². The highest BCUT2D eigenvalue weighted by Crippen LogP contribution is 2.19. The SMILES string of the molecule is Cc1ccc(C(=O)Nc2ccc(Cl)nc2)c(Cl)c1. The van der Waals surface area contributed by atoms with Crippen LogP contribution in [-0.2, 0) is 0 Å². The third kappa shape index (κ3) is 3.00. The van der Waals surface area contributed by atoms with Gasteiger partial charge in [-0.3, -0.25) is 4.79 Å². The number of nitrogens with zero attached hydrogens (tertiary/aromatic N) is 1. The summed E-state index contributed by atoms with van der Waals surface area (Å²) in [6, 6.07) is 8.55. The molecule has 0 atom stereocenters. The first kappa shape index (κ1) is 12.9. The molecule has 2 rings (SSSR count). The number of carbonyl (C=O) groups is 1. The molecule has 0 aliphatic rings. The Morgan fingerprint density at radius 1 is 1.22 bits per heavy atom. The van der Waals surface area contributed by atoms with Crippen LogP contribution in [-0.4, -0.2) is 10.9 Å². The number of rotatable bonds is 2. The number of anilines is 1. The maximum atomic E-state index is 12.0. The van der Waals surface area contributed by atoms with Gasteiger partial charge in [-0.25, -0.2) is 4.98 Å². The van der Waals surface area contributed by atoms with Crippen LogP contribution in [0.3, 0.4) is 0 Å². The lowest BCUT2D eigenvalue weighted by atomic mass is 10.1. The minimum atomic E-state index is -0.274. The van der Waals surface area contributed by atoms with Crippen LogP contribution in [0.15, 0.2) is 36.5 Å². The van der Waals surface area contributed by atoms with Crippen molar-refractivity contribution in [3.63, 3.8) is 0 Å². The zero-order chi connectivity index (χ0) is 13.1. The number of carbonyl (C=O) groups excluding carboxylic acids is 1. The highest BCUT2D eigenvalue weighted by molar-refractivity contribution is 6.34. The summed E-state index contributed by atoms with van der Waals surface area (Å²) in [5, 5.41) is 3.50. The molecule has 3 nitrogen and oxygen atoms in total. The van der Waals surface area contributed by atoms with E-state index in [1.807, 2.05) is 13.0 Å². The zero-order valence-corrected chi connectivity index (χ0v) is 11.1. The van der Waals surface area contributed by atoms with Crippen molar-refractivity contribution in [1.82, 2.24) is 4.98 Å². The molecule has 92 valence electrons. The lowest BCUT2D eigenvalue weighted by molar-refractivity contribution is 0.102. The Morgan fingerprint density at radius 3 is 2.61 bits per heavy atom. The minimum absolute atomic E-state index is 0.274.